The summed E-state index contributed by atoms with van der Waals surface area (Å²) in [6.45, 7) is 5.75. The monoisotopic (exact) mass is 350 g/mol. The summed E-state index contributed by atoms with van der Waals surface area (Å²) in [7, 11) is 0. The molecule has 1 aliphatic heterocycles. The third-order valence-corrected chi connectivity index (χ3v) is 4.38. The number of hydrogen-bond donors (Lipinski definition) is 0. The molecule has 1 atom stereocenters. The highest BCUT2D eigenvalue weighted by Gasteiger charge is 2.38. The molecule has 1 amide bonds. The zero-order valence-electron chi connectivity index (χ0n) is 15.2. The second kappa shape index (κ2) is 7.19. The van der Waals surface area contributed by atoms with Gasteiger partial charge < -0.3 is 4.74 Å². The molecule has 0 saturated heterocycles. The van der Waals surface area contributed by atoms with Gasteiger partial charge in [0.15, 0.2) is 0 Å². The molecule has 1 aliphatic rings. The number of ether oxygens (including phenoxy) is 1. The smallest absolute Gasteiger partial charge is 0.243 e. The normalized spacial score (nSPS) is 17.5. The van der Waals surface area contributed by atoms with E-state index in [9.17, 15) is 10.1 Å². The molecule has 0 fully saturated rings. The largest absolute Gasteiger partial charge is 0.487 e. The fourth-order valence-electron chi connectivity index (χ4n) is 3.21. The lowest BCUT2D eigenvalue weighted by Crippen LogP contribution is -2.43. The summed E-state index contributed by atoms with van der Waals surface area (Å²) in [6, 6.07) is 16.8. The lowest BCUT2D eigenvalue weighted by atomic mass is 9.88. The molecule has 1 heterocycles. The first-order chi connectivity index (χ1) is 12.4. The van der Waals surface area contributed by atoms with Gasteiger partial charge in [0.05, 0.1) is 17.7 Å². The SMILES string of the molecule is CC(=O)N(OCc1ccccc1)C1CC(C)(C)Oc2ccc(C#N)cc21. The summed E-state index contributed by atoms with van der Waals surface area (Å²) in [4.78, 5) is 18.2. The molecule has 1 unspecified atom stereocenters. The van der Waals surface area contributed by atoms with Crippen molar-refractivity contribution in [2.45, 2.75) is 45.4 Å². The number of fused-ring (bicyclic) bond motifs is 1. The van der Waals surface area contributed by atoms with Gasteiger partial charge in [-0.05, 0) is 37.6 Å². The van der Waals surface area contributed by atoms with Crippen molar-refractivity contribution in [2.24, 2.45) is 0 Å². The molecule has 0 radical (unpaired) electrons. The predicted molar refractivity (Wildman–Crippen MR) is 97.0 cm³/mol. The number of amides is 1. The quantitative estimate of drug-likeness (QED) is 0.778. The molecule has 2 aromatic rings. The van der Waals surface area contributed by atoms with Crippen LogP contribution in [0.3, 0.4) is 0 Å². The first kappa shape index (κ1) is 18.0. The van der Waals surface area contributed by atoms with Crippen molar-refractivity contribution in [3.63, 3.8) is 0 Å². The fourth-order valence-corrected chi connectivity index (χ4v) is 3.21. The van der Waals surface area contributed by atoms with Crippen molar-refractivity contribution < 1.29 is 14.4 Å². The van der Waals surface area contributed by atoms with Gasteiger partial charge in [-0.2, -0.15) is 5.26 Å². The van der Waals surface area contributed by atoms with Crippen molar-refractivity contribution >= 4 is 5.91 Å². The van der Waals surface area contributed by atoms with Crippen LogP contribution in [0.2, 0.25) is 0 Å². The van der Waals surface area contributed by atoms with E-state index in [1.165, 1.54) is 12.0 Å². The van der Waals surface area contributed by atoms with E-state index in [2.05, 4.69) is 6.07 Å². The molecule has 2 aromatic carbocycles. The zero-order chi connectivity index (χ0) is 18.7. The van der Waals surface area contributed by atoms with Crippen LogP contribution < -0.4 is 4.74 Å². The Morgan fingerprint density at radius 3 is 2.69 bits per heavy atom. The van der Waals surface area contributed by atoms with Gasteiger partial charge in [0.2, 0.25) is 5.91 Å². The van der Waals surface area contributed by atoms with E-state index < -0.39 is 5.60 Å². The molecule has 0 N–H and O–H groups in total. The lowest BCUT2D eigenvalue weighted by Gasteiger charge is -2.41. The van der Waals surface area contributed by atoms with Gasteiger partial charge in [-0.1, -0.05) is 30.3 Å². The number of hydrogen-bond acceptors (Lipinski definition) is 4. The number of nitrogens with zero attached hydrogens (tertiary/aromatic N) is 2. The van der Waals surface area contributed by atoms with Crippen molar-refractivity contribution in [2.75, 3.05) is 0 Å². The first-order valence-electron chi connectivity index (χ1n) is 8.59. The van der Waals surface area contributed by atoms with Crippen molar-refractivity contribution in [1.82, 2.24) is 5.06 Å². The second-order valence-corrected chi connectivity index (χ2v) is 7.05. The highest BCUT2D eigenvalue weighted by molar-refractivity contribution is 5.73. The van der Waals surface area contributed by atoms with E-state index in [0.29, 0.717) is 24.3 Å². The number of benzene rings is 2. The Bertz CT molecular complexity index is 840. The third-order valence-electron chi connectivity index (χ3n) is 4.38. The molecule has 5 nitrogen and oxygen atoms in total. The second-order valence-electron chi connectivity index (χ2n) is 7.05. The highest BCUT2D eigenvalue weighted by Crippen LogP contribution is 2.43. The molecule has 0 bridgehead atoms. The van der Waals surface area contributed by atoms with Crippen LogP contribution >= 0.6 is 0 Å². The summed E-state index contributed by atoms with van der Waals surface area (Å²) in [5, 5.41) is 10.6. The number of nitriles is 1. The van der Waals surface area contributed by atoms with Crippen LogP contribution in [0.15, 0.2) is 48.5 Å². The van der Waals surface area contributed by atoms with Crippen LogP contribution in [0.25, 0.3) is 0 Å². The topological polar surface area (TPSA) is 62.6 Å². The molecule has 3 rings (SSSR count). The standard InChI is InChI=1S/C21H22N2O3/c1-15(24)23(25-14-16-7-5-4-6-8-16)19-12-21(2,3)26-20-10-9-17(13-22)11-18(19)20/h4-11,19H,12,14H2,1-3H3. The molecular weight excluding hydrogens is 328 g/mol. The summed E-state index contributed by atoms with van der Waals surface area (Å²) in [6.07, 6.45) is 0.573. The van der Waals surface area contributed by atoms with Crippen molar-refractivity contribution in [3.8, 4) is 11.8 Å². The van der Waals surface area contributed by atoms with Crippen molar-refractivity contribution in [1.29, 1.82) is 5.26 Å². The van der Waals surface area contributed by atoms with Crippen LogP contribution in [0.1, 0.15) is 49.9 Å². The Kier molecular flexibility index (Phi) is 4.97. The Labute approximate surface area is 153 Å². The van der Waals surface area contributed by atoms with Gasteiger partial charge in [-0.3, -0.25) is 9.63 Å². The molecule has 134 valence electrons. The molecule has 0 spiro atoms. The predicted octanol–water partition coefficient (Wildman–Crippen LogP) is 4.14. The minimum atomic E-state index is -0.449. The molecule has 0 aromatic heterocycles. The van der Waals surface area contributed by atoms with Gasteiger partial charge in [-0.25, -0.2) is 5.06 Å². The number of hydroxylamine groups is 2. The third kappa shape index (κ3) is 3.87. The maximum absolute atomic E-state index is 12.3. The van der Waals surface area contributed by atoms with Crippen LogP contribution in [0, 0.1) is 11.3 Å². The average molecular weight is 350 g/mol. The van der Waals surface area contributed by atoms with E-state index in [1.54, 1.807) is 18.2 Å². The Morgan fingerprint density at radius 2 is 2.04 bits per heavy atom. The van der Waals surface area contributed by atoms with Crippen LogP contribution in [-0.2, 0) is 16.2 Å². The summed E-state index contributed by atoms with van der Waals surface area (Å²) in [5.41, 5.74) is 1.86. The van der Waals surface area contributed by atoms with Gasteiger partial charge in [-0.15, -0.1) is 0 Å². The highest BCUT2D eigenvalue weighted by atomic mass is 16.7. The van der Waals surface area contributed by atoms with E-state index in [4.69, 9.17) is 9.57 Å². The van der Waals surface area contributed by atoms with Crippen LogP contribution in [0.5, 0.6) is 5.75 Å². The Morgan fingerprint density at radius 1 is 1.31 bits per heavy atom. The Balaban J connectivity index is 1.93. The van der Waals surface area contributed by atoms with Crippen LogP contribution in [-0.4, -0.2) is 16.6 Å². The summed E-state index contributed by atoms with van der Waals surface area (Å²) in [5.74, 6) is 0.497. The number of carbonyl (C=O) groups excluding carboxylic acids is 1. The van der Waals surface area contributed by atoms with Crippen molar-refractivity contribution in [3.05, 3.63) is 65.2 Å². The van der Waals surface area contributed by atoms with Gasteiger partial charge in [0, 0.05) is 18.9 Å². The molecule has 0 aliphatic carbocycles. The van der Waals surface area contributed by atoms with E-state index in [-0.39, 0.29) is 11.9 Å². The van der Waals surface area contributed by atoms with E-state index >= 15 is 0 Å². The maximum atomic E-state index is 12.3. The molecular formula is C21H22N2O3. The molecule has 26 heavy (non-hydrogen) atoms. The number of rotatable bonds is 4. The van der Waals surface area contributed by atoms with Gasteiger partial charge in [0.25, 0.3) is 0 Å². The zero-order valence-corrected chi connectivity index (χ0v) is 15.2. The van der Waals surface area contributed by atoms with Gasteiger partial charge >= 0.3 is 0 Å². The maximum Gasteiger partial charge on any atom is 0.243 e. The summed E-state index contributed by atoms with van der Waals surface area (Å²) < 4.78 is 6.04. The minimum absolute atomic E-state index is 0.183. The molecule has 5 heteroatoms. The average Bonchev–Trinajstić information content (AvgIpc) is 2.61. The minimum Gasteiger partial charge on any atom is -0.487 e. The molecule has 0 saturated carbocycles. The lowest BCUT2D eigenvalue weighted by molar-refractivity contribution is -0.212. The first-order valence-corrected chi connectivity index (χ1v) is 8.59. The summed E-state index contributed by atoms with van der Waals surface area (Å²) >= 11 is 0. The Hall–Kier alpha value is -2.84. The van der Waals surface area contributed by atoms with Gasteiger partial charge in [0.1, 0.15) is 18.0 Å². The van der Waals surface area contributed by atoms with E-state index in [0.717, 1.165) is 11.1 Å². The van der Waals surface area contributed by atoms with Crippen LogP contribution in [0.4, 0.5) is 0 Å². The number of carbonyl (C=O) groups is 1. The van der Waals surface area contributed by atoms with E-state index in [1.807, 2.05) is 44.2 Å². The fraction of sp³-hybridized carbons (Fsp3) is 0.333.